The van der Waals surface area contributed by atoms with Crippen LogP contribution in [-0.4, -0.2) is 45.5 Å². The first kappa shape index (κ1) is 17.4. The minimum Gasteiger partial charge on any atom is -0.354 e. The van der Waals surface area contributed by atoms with Crippen LogP contribution in [0.25, 0.3) is 0 Å². The molecule has 3 atom stereocenters. The molecule has 6 heteroatoms. The van der Waals surface area contributed by atoms with E-state index in [9.17, 15) is 13.2 Å². The summed E-state index contributed by atoms with van der Waals surface area (Å²) in [6, 6.07) is -0.0890. The quantitative estimate of drug-likeness (QED) is 0.734. The summed E-state index contributed by atoms with van der Waals surface area (Å²) < 4.78 is 22.2. The van der Waals surface area contributed by atoms with Gasteiger partial charge in [-0.25, -0.2) is 8.42 Å². The number of nitrogens with one attached hydrogen (secondary N) is 2. The van der Waals surface area contributed by atoms with Crippen molar-refractivity contribution in [1.29, 1.82) is 0 Å². The molecule has 3 unspecified atom stereocenters. The predicted octanol–water partition coefficient (Wildman–Crippen LogP) is 0.952. The van der Waals surface area contributed by atoms with Gasteiger partial charge in [0.1, 0.15) is 9.84 Å². The Labute approximate surface area is 122 Å². The fourth-order valence-corrected chi connectivity index (χ4v) is 3.40. The smallest absolute Gasteiger partial charge is 0.220 e. The molecule has 0 aliphatic carbocycles. The molecule has 1 aliphatic heterocycles. The molecule has 1 heterocycles. The van der Waals surface area contributed by atoms with E-state index in [2.05, 4.69) is 17.6 Å². The van der Waals surface area contributed by atoms with Gasteiger partial charge in [0.2, 0.25) is 5.91 Å². The van der Waals surface area contributed by atoms with E-state index in [0.29, 0.717) is 24.7 Å². The maximum Gasteiger partial charge on any atom is 0.220 e. The maximum absolute atomic E-state index is 12.0. The lowest BCUT2D eigenvalue weighted by molar-refractivity contribution is -0.122. The Hall–Kier alpha value is -0.620. The molecule has 0 aromatic heterocycles. The van der Waals surface area contributed by atoms with Gasteiger partial charge in [0, 0.05) is 18.7 Å². The Bertz CT molecular complexity index is 403. The first-order valence-corrected chi connectivity index (χ1v) is 9.52. The minimum absolute atomic E-state index is 0.0316. The van der Waals surface area contributed by atoms with Gasteiger partial charge >= 0.3 is 0 Å². The molecule has 1 aliphatic rings. The summed E-state index contributed by atoms with van der Waals surface area (Å²) in [5.74, 6) is 1.09. The number of sulfone groups is 1. The topological polar surface area (TPSA) is 75.3 Å². The molecule has 0 aromatic rings. The van der Waals surface area contributed by atoms with Gasteiger partial charge in [-0.15, -0.1) is 0 Å². The zero-order valence-electron chi connectivity index (χ0n) is 12.8. The van der Waals surface area contributed by atoms with Gasteiger partial charge in [-0.3, -0.25) is 4.79 Å². The second kappa shape index (κ2) is 7.98. The molecule has 1 saturated heterocycles. The van der Waals surface area contributed by atoms with E-state index in [1.807, 2.05) is 6.92 Å². The van der Waals surface area contributed by atoms with Crippen molar-refractivity contribution >= 4 is 15.7 Å². The highest BCUT2D eigenvalue weighted by atomic mass is 32.2. The van der Waals surface area contributed by atoms with Crippen LogP contribution in [0.4, 0.5) is 0 Å². The van der Waals surface area contributed by atoms with Crippen molar-refractivity contribution in [3.8, 4) is 0 Å². The highest BCUT2D eigenvalue weighted by Gasteiger charge is 2.22. The minimum atomic E-state index is -2.95. The zero-order chi connectivity index (χ0) is 15.2. The van der Waals surface area contributed by atoms with Crippen LogP contribution < -0.4 is 10.6 Å². The lowest BCUT2D eigenvalue weighted by Gasteiger charge is -2.28. The standard InChI is InChI=1S/C14H28N2O3S/c1-11(13-5-4-7-15-10-13)9-14(17)16-12(2)6-8-20(3,18)19/h11-13,15H,4-10H2,1-3H3,(H,16,17). The fraction of sp³-hybridized carbons (Fsp3) is 0.929. The first-order chi connectivity index (χ1) is 9.28. The summed E-state index contributed by atoms with van der Waals surface area (Å²) in [4.78, 5) is 12.0. The summed E-state index contributed by atoms with van der Waals surface area (Å²) in [5.41, 5.74) is 0. The van der Waals surface area contributed by atoms with E-state index in [-0.39, 0.29) is 17.7 Å². The van der Waals surface area contributed by atoms with E-state index >= 15 is 0 Å². The van der Waals surface area contributed by atoms with Gasteiger partial charge in [-0.1, -0.05) is 6.92 Å². The predicted molar refractivity (Wildman–Crippen MR) is 81.3 cm³/mol. The number of rotatable bonds is 7. The molecule has 118 valence electrons. The van der Waals surface area contributed by atoms with Crippen LogP contribution in [0.5, 0.6) is 0 Å². The van der Waals surface area contributed by atoms with Gasteiger partial charge in [-0.05, 0) is 51.1 Å². The highest BCUT2D eigenvalue weighted by Crippen LogP contribution is 2.22. The number of carbonyl (C=O) groups is 1. The lowest BCUT2D eigenvalue weighted by Crippen LogP contribution is -2.38. The van der Waals surface area contributed by atoms with Crippen LogP contribution >= 0.6 is 0 Å². The zero-order valence-corrected chi connectivity index (χ0v) is 13.6. The summed E-state index contributed by atoms with van der Waals surface area (Å²) in [7, 11) is -2.95. The summed E-state index contributed by atoms with van der Waals surface area (Å²) >= 11 is 0. The van der Waals surface area contributed by atoms with Crippen molar-refractivity contribution in [2.75, 3.05) is 25.1 Å². The largest absolute Gasteiger partial charge is 0.354 e. The highest BCUT2D eigenvalue weighted by molar-refractivity contribution is 7.90. The molecular formula is C14H28N2O3S. The molecule has 2 N–H and O–H groups in total. The normalized spacial score (nSPS) is 23.1. The average molecular weight is 304 g/mol. The number of amides is 1. The van der Waals surface area contributed by atoms with Crippen molar-refractivity contribution in [2.24, 2.45) is 11.8 Å². The number of carbonyl (C=O) groups excluding carboxylic acids is 1. The van der Waals surface area contributed by atoms with Crippen molar-refractivity contribution in [3.05, 3.63) is 0 Å². The molecule has 0 saturated carbocycles. The molecule has 5 nitrogen and oxygen atoms in total. The van der Waals surface area contributed by atoms with E-state index in [4.69, 9.17) is 0 Å². The lowest BCUT2D eigenvalue weighted by atomic mass is 9.85. The number of piperidine rings is 1. The van der Waals surface area contributed by atoms with Gasteiger partial charge in [0.05, 0.1) is 5.75 Å². The molecule has 0 aromatic carbocycles. The molecule has 0 spiro atoms. The molecule has 1 amide bonds. The van der Waals surface area contributed by atoms with Gasteiger partial charge < -0.3 is 10.6 Å². The van der Waals surface area contributed by atoms with Crippen molar-refractivity contribution in [1.82, 2.24) is 10.6 Å². The number of hydrogen-bond acceptors (Lipinski definition) is 4. The first-order valence-electron chi connectivity index (χ1n) is 7.45. The van der Waals surface area contributed by atoms with Crippen LogP contribution in [0.3, 0.4) is 0 Å². The third kappa shape index (κ3) is 7.24. The summed E-state index contributed by atoms with van der Waals surface area (Å²) in [5, 5.41) is 6.27. The van der Waals surface area contributed by atoms with E-state index < -0.39 is 9.84 Å². The van der Waals surface area contributed by atoms with E-state index in [1.54, 1.807) is 0 Å². The van der Waals surface area contributed by atoms with Crippen molar-refractivity contribution < 1.29 is 13.2 Å². The third-order valence-electron chi connectivity index (χ3n) is 3.98. The maximum atomic E-state index is 12.0. The average Bonchev–Trinajstić information content (AvgIpc) is 2.36. The third-order valence-corrected chi connectivity index (χ3v) is 4.95. The Morgan fingerprint density at radius 3 is 2.65 bits per heavy atom. The number of hydrogen-bond donors (Lipinski definition) is 2. The van der Waals surface area contributed by atoms with Crippen molar-refractivity contribution in [2.45, 2.75) is 45.6 Å². The van der Waals surface area contributed by atoms with E-state index in [0.717, 1.165) is 13.1 Å². The summed E-state index contributed by atoms with van der Waals surface area (Å²) in [6.07, 6.45) is 4.59. The Balaban J connectivity index is 2.27. The van der Waals surface area contributed by atoms with Gasteiger partial charge in [-0.2, -0.15) is 0 Å². The molecular weight excluding hydrogens is 276 g/mol. The van der Waals surface area contributed by atoms with E-state index in [1.165, 1.54) is 19.1 Å². The van der Waals surface area contributed by atoms with Crippen LogP contribution in [-0.2, 0) is 14.6 Å². The van der Waals surface area contributed by atoms with Gasteiger partial charge in [0.15, 0.2) is 0 Å². The van der Waals surface area contributed by atoms with Crippen LogP contribution in [0.2, 0.25) is 0 Å². The SMILES string of the molecule is CC(CCS(C)(=O)=O)NC(=O)CC(C)C1CCCNC1. The Kier molecular flexibility index (Phi) is 6.95. The second-order valence-electron chi connectivity index (χ2n) is 6.17. The van der Waals surface area contributed by atoms with Crippen LogP contribution in [0.1, 0.15) is 39.5 Å². The van der Waals surface area contributed by atoms with Crippen LogP contribution in [0, 0.1) is 11.8 Å². The molecule has 0 bridgehead atoms. The Morgan fingerprint density at radius 2 is 2.10 bits per heavy atom. The molecule has 20 heavy (non-hydrogen) atoms. The van der Waals surface area contributed by atoms with Crippen LogP contribution in [0.15, 0.2) is 0 Å². The second-order valence-corrected chi connectivity index (χ2v) is 8.43. The summed E-state index contributed by atoms with van der Waals surface area (Å²) in [6.45, 7) is 6.06. The Morgan fingerprint density at radius 1 is 1.40 bits per heavy atom. The fourth-order valence-electron chi connectivity index (χ4n) is 2.62. The molecule has 1 rings (SSSR count). The molecule has 0 radical (unpaired) electrons. The molecule has 1 fully saturated rings. The monoisotopic (exact) mass is 304 g/mol. The van der Waals surface area contributed by atoms with Gasteiger partial charge in [0.25, 0.3) is 0 Å². The van der Waals surface area contributed by atoms with Crippen molar-refractivity contribution in [3.63, 3.8) is 0 Å².